The standard InChI is InChI=1S/C16H21FN4/c1-5-18-16-19-9-11(3)15(21-16)20-12(4)13-7-6-10(2)14(17)8-13/h6-9,12H,5H2,1-4H3,(H2,18,19,20,21). The number of nitrogens with zero attached hydrogens (tertiary/aromatic N) is 2. The molecular weight excluding hydrogens is 267 g/mol. The van der Waals surface area contributed by atoms with Gasteiger partial charge in [-0.2, -0.15) is 4.98 Å². The Balaban J connectivity index is 2.20. The van der Waals surface area contributed by atoms with Gasteiger partial charge in [0.2, 0.25) is 5.95 Å². The highest BCUT2D eigenvalue weighted by molar-refractivity contribution is 5.48. The van der Waals surface area contributed by atoms with Crippen molar-refractivity contribution in [3.05, 3.63) is 46.9 Å². The Morgan fingerprint density at radius 1 is 1.24 bits per heavy atom. The number of hydrogen-bond acceptors (Lipinski definition) is 4. The van der Waals surface area contributed by atoms with Crippen molar-refractivity contribution in [3.8, 4) is 0 Å². The van der Waals surface area contributed by atoms with Gasteiger partial charge in [-0.15, -0.1) is 0 Å². The number of hydrogen-bond donors (Lipinski definition) is 2. The van der Waals surface area contributed by atoms with Gasteiger partial charge in [0.1, 0.15) is 11.6 Å². The number of rotatable bonds is 5. The maximum Gasteiger partial charge on any atom is 0.224 e. The summed E-state index contributed by atoms with van der Waals surface area (Å²) >= 11 is 0. The van der Waals surface area contributed by atoms with Gasteiger partial charge in [0.15, 0.2) is 0 Å². The highest BCUT2D eigenvalue weighted by Crippen LogP contribution is 2.22. The molecule has 0 radical (unpaired) electrons. The molecule has 2 rings (SSSR count). The third-order valence-corrected chi connectivity index (χ3v) is 3.36. The first-order valence-electron chi connectivity index (χ1n) is 7.11. The summed E-state index contributed by atoms with van der Waals surface area (Å²) in [5.74, 6) is 1.16. The third kappa shape index (κ3) is 3.68. The van der Waals surface area contributed by atoms with Crippen molar-refractivity contribution in [1.29, 1.82) is 0 Å². The fraction of sp³-hybridized carbons (Fsp3) is 0.375. The van der Waals surface area contributed by atoms with Crippen molar-refractivity contribution in [2.24, 2.45) is 0 Å². The molecule has 21 heavy (non-hydrogen) atoms. The second-order valence-corrected chi connectivity index (χ2v) is 5.13. The fourth-order valence-corrected chi connectivity index (χ4v) is 2.00. The average Bonchev–Trinajstić information content (AvgIpc) is 2.45. The third-order valence-electron chi connectivity index (χ3n) is 3.36. The van der Waals surface area contributed by atoms with Crippen LogP contribution in [0, 0.1) is 19.7 Å². The Morgan fingerprint density at radius 2 is 2.00 bits per heavy atom. The van der Waals surface area contributed by atoms with Crippen molar-refractivity contribution in [2.75, 3.05) is 17.2 Å². The van der Waals surface area contributed by atoms with E-state index in [-0.39, 0.29) is 11.9 Å². The van der Waals surface area contributed by atoms with E-state index in [0.717, 1.165) is 23.5 Å². The first-order chi connectivity index (χ1) is 10.0. The lowest BCUT2D eigenvalue weighted by Crippen LogP contribution is -2.12. The summed E-state index contributed by atoms with van der Waals surface area (Å²) in [6.07, 6.45) is 1.77. The molecular formula is C16H21FN4. The van der Waals surface area contributed by atoms with E-state index >= 15 is 0 Å². The molecule has 1 atom stereocenters. The van der Waals surface area contributed by atoms with Gasteiger partial charge in [0.05, 0.1) is 6.04 Å². The number of halogens is 1. The average molecular weight is 288 g/mol. The SMILES string of the molecule is CCNc1ncc(C)c(NC(C)c2ccc(C)c(F)c2)n1. The highest BCUT2D eigenvalue weighted by atomic mass is 19.1. The van der Waals surface area contributed by atoms with Gasteiger partial charge in [-0.05, 0) is 44.9 Å². The Bertz CT molecular complexity index is 628. The molecule has 0 aliphatic rings. The summed E-state index contributed by atoms with van der Waals surface area (Å²) in [7, 11) is 0. The van der Waals surface area contributed by atoms with Crippen molar-refractivity contribution >= 4 is 11.8 Å². The van der Waals surface area contributed by atoms with Crippen molar-refractivity contribution in [3.63, 3.8) is 0 Å². The predicted molar refractivity (Wildman–Crippen MR) is 84.1 cm³/mol. The van der Waals surface area contributed by atoms with E-state index in [1.807, 2.05) is 26.8 Å². The molecule has 1 unspecified atom stereocenters. The normalized spacial score (nSPS) is 12.0. The van der Waals surface area contributed by atoms with E-state index < -0.39 is 0 Å². The number of nitrogens with one attached hydrogen (secondary N) is 2. The summed E-state index contributed by atoms with van der Waals surface area (Å²) in [5.41, 5.74) is 2.50. The molecule has 0 bridgehead atoms. The first-order valence-corrected chi connectivity index (χ1v) is 7.11. The Morgan fingerprint density at radius 3 is 2.67 bits per heavy atom. The minimum absolute atomic E-state index is 0.0387. The van der Waals surface area contributed by atoms with Gasteiger partial charge in [-0.25, -0.2) is 9.37 Å². The largest absolute Gasteiger partial charge is 0.363 e. The second kappa shape index (κ2) is 6.52. The molecule has 0 saturated carbocycles. The highest BCUT2D eigenvalue weighted by Gasteiger charge is 2.11. The molecule has 1 heterocycles. The maximum atomic E-state index is 13.7. The van der Waals surface area contributed by atoms with E-state index in [4.69, 9.17) is 0 Å². The van der Waals surface area contributed by atoms with Crippen LogP contribution in [-0.2, 0) is 0 Å². The molecule has 4 nitrogen and oxygen atoms in total. The fourth-order valence-electron chi connectivity index (χ4n) is 2.00. The second-order valence-electron chi connectivity index (χ2n) is 5.13. The molecule has 0 amide bonds. The van der Waals surface area contributed by atoms with Crippen LogP contribution in [0.2, 0.25) is 0 Å². The molecule has 0 aliphatic carbocycles. The summed E-state index contributed by atoms with van der Waals surface area (Å²) in [5, 5.41) is 6.40. The number of aryl methyl sites for hydroxylation is 2. The lowest BCUT2D eigenvalue weighted by Gasteiger charge is -2.17. The molecule has 1 aromatic carbocycles. The van der Waals surface area contributed by atoms with Gasteiger partial charge < -0.3 is 10.6 Å². The van der Waals surface area contributed by atoms with Crippen LogP contribution in [-0.4, -0.2) is 16.5 Å². The first kappa shape index (κ1) is 15.2. The van der Waals surface area contributed by atoms with Crippen molar-refractivity contribution < 1.29 is 4.39 Å². The number of benzene rings is 1. The number of aromatic nitrogens is 2. The minimum Gasteiger partial charge on any atom is -0.363 e. The zero-order valence-corrected chi connectivity index (χ0v) is 12.9. The minimum atomic E-state index is -0.186. The zero-order chi connectivity index (χ0) is 15.4. The molecule has 0 spiro atoms. The van der Waals surface area contributed by atoms with Crippen LogP contribution in [0.5, 0.6) is 0 Å². The topological polar surface area (TPSA) is 49.8 Å². The van der Waals surface area contributed by atoms with Crippen LogP contribution in [0.15, 0.2) is 24.4 Å². The van der Waals surface area contributed by atoms with E-state index in [9.17, 15) is 4.39 Å². The maximum absolute atomic E-state index is 13.7. The monoisotopic (exact) mass is 288 g/mol. The van der Waals surface area contributed by atoms with Crippen LogP contribution in [0.3, 0.4) is 0 Å². The van der Waals surface area contributed by atoms with E-state index in [2.05, 4.69) is 20.6 Å². The van der Waals surface area contributed by atoms with Crippen LogP contribution >= 0.6 is 0 Å². The summed E-state index contributed by atoms with van der Waals surface area (Å²) in [6, 6.07) is 5.25. The molecule has 0 fully saturated rings. The molecule has 5 heteroatoms. The molecule has 112 valence electrons. The van der Waals surface area contributed by atoms with E-state index in [0.29, 0.717) is 11.5 Å². The molecule has 0 aliphatic heterocycles. The molecule has 2 aromatic rings. The van der Waals surface area contributed by atoms with Crippen LogP contribution in [0.25, 0.3) is 0 Å². The van der Waals surface area contributed by atoms with Gasteiger partial charge in [-0.1, -0.05) is 12.1 Å². The lowest BCUT2D eigenvalue weighted by molar-refractivity contribution is 0.614. The lowest BCUT2D eigenvalue weighted by atomic mass is 10.1. The van der Waals surface area contributed by atoms with Gasteiger partial charge in [0, 0.05) is 18.3 Å². The molecule has 2 N–H and O–H groups in total. The van der Waals surface area contributed by atoms with E-state index in [1.165, 1.54) is 0 Å². The van der Waals surface area contributed by atoms with Crippen LogP contribution in [0.4, 0.5) is 16.2 Å². The predicted octanol–water partition coefficient (Wildman–Crippen LogP) is 3.84. The summed E-state index contributed by atoms with van der Waals surface area (Å²) < 4.78 is 13.7. The van der Waals surface area contributed by atoms with Crippen LogP contribution in [0.1, 0.15) is 36.6 Å². The Labute approximate surface area is 124 Å². The summed E-state index contributed by atoms with van der Waals surface area (Å²) in [4.78, 5) is 8.65. The van der Waals surface area contributed by atoms with Crippen molar-refractivity contribution in [1.82, 2.24) is 9.97 Å². The quantitative estimate of drug-likeness (QED) is 0.877. The van der Waals surface area contributed by atoms with E-state index in [1.54, 1.807) is 25.3 Å². The Kier molecular flexibility index (Phi) is 4.73. The van der Waals surface area contributed by atoms with Gasteiger partial charge in [-0.3, -0.25) is 0 Å². The van der Waals surface area contributed by atoms with Crippen LogP contribution < -0.4 is 10.6 Å². The molecule has 0 saturated heterocycles. The van der Waals surface area contributed by atoms with Gasteiger partial charge in [0.25, 0.3) is 0 Å². The van der Waals surface area contributed by atoms with Gasteiger partial charge >= 0.3 is 0 Å². The Hall–Kier alpha value is -2.17. The smallest absolute Gasteiger partial charge is 0.224 e. The number of anilines is 2. The molecule has 1 aromatic heterocycles. The summed E-state index contributed by atoms with van der Waals surface area (Å²) in [6.45, 7) is 8.45. The zero-order valence-electron chi connectivity index (χ0n) is 12.9. The van der Waals surface area contributed by atoms with Crippen molar-refractivity contribution in [2.45, 2.75) is 33.7 Å².